The Kier molecular flexibility index (Phi) is 9.76. The van der Waals surface area contributed by atoms with Gasteiger partial charge in [0.1, 0.15) is 0 Å². The Morgan fingerprint density at radius 1 is 0.306 bits per heavy atom. The molecule has 0 saturated carbocycles. The summed E-state index contributed by atoms with van der Waals surface area (Å²) < 4.78 is 58.0. The minimum atomic E-state index is -4.06. The van der Waals surface area contributed by atoms with Gasteiger partial charge < -0.3 is 9.47 Å². The van der Waals surface area contributed by atoms with E-state index in [9.17, 15) is 26.4 Å². The average Bonchev–Trinajstić information content (AvgIpc) is 3.76. The zero-order valence-electron chi connectivity index (χ0n) is 38.1. The molecule has 3 heterocycles. The third kappa shape index (κ3) is 6.71. The second kappa shape index (κ2) is 16.3. The highest BCUT2D eigenvalue weighted by Crippen LogP contribution is 2.42. The van der Waals surface area contributed by atoms with E-state index in [-0.39, 0.29) is 53.4 Å². The van der Waals surface area contributed by atoms with E-state index < -0.39 is 19.7 Å². The summed E-state index contributed by atoms with van der Waals surface area (Å²) in [6.07, 6.45) is 0. The van der Waals surface area contributed by atoms with Gasteiger partial charge in [0.05, 0.1) is 30.6 Å². The monoisotopic (exact) mass is 970 g/mol. The van der Waals surface area contributed by atoms with Gasteiger partial charge in [0.2, 0.25) is 19.7 Å². The van der Waals surface area contributed by atoms with Gasteiger partial charge in [-0.3, -0.25) is 9.59 Å². The number of benzene rings is 10. The van der Waals surface area contributed by atoms with Gasteiger partial charge in [-0.2, -0.15) is 0 Å². The molecule has 1 aromatic heterocycles. The number of fused-ring (bicyclic) bond motifs is 7. The number of sulfone groups is 2. The number of hydrogen-bond acceptors (Lipinski definition) is 7. The summed E-state index contributed by atoms with van der Waals surface area (Å²) >= 11 is 0. The molecule has 0 saturated heterocycles. The van der Waals surface area contributed by atoms with Crippen molar-refractivity contribution in [2.75, 3.05) is 4.90 Å². The molecule has 0 bridgehead atoms. The molecule has 2 aliphatic heterocycles. The van der Waals surface area contributed by atoms with Gasteiger partial charge in [0.15, 0.2) is 11.6 Å². The van der Waals surface area contributed by atoms with Crippen molar-refractivity contribution in [1.82, 2.24) is 4.57 Å². The molecule has 10 heteroatoms. The standard InChI is InChI=1S/C62H38N2O6S2/c65-61-50-16-8-10-18-57(50)71(67,68)58-34-26-43(37-54(58)61)42-24-32-56-52(35-42)49-15-7-9-17-55(49)64(56)48-29-21-40(22-30-48)44-23-31-51-60(38-44)72(69,70)59-33-25-41(36-53(59)62(51)66)39-19-27-47(28-20-39)63(45-11-3-1-4-12-45)46-13-5-2-6-14-46/h1-38H. The van der Waals surface area contributed by atoms with E-state index in [2.05, 4.69) is 51.9 Å². The van der Waals surface area contributed by atoms with Crippen LogP contribution in [0, 0.1) is 0 Å². The van der Waals surface area contributed by atoms with Crippen LogP contribution in [-0.4, -0.2) is 33.0 Å². The summed E-state index contributed by atoms with van der Waals surface area (Å²) in [5.74, 6) is -0.666. The van der Waals surface area contributed by atoms with Gasteiger partial charge in [0.25, 0.3) is 0 Å². The van der Waals surface area contributed by atoms with E-state index in [1.54, 1.807) is 66.7 Å². The fourth-order valence-electron chi connectivity index (χ4n) is 10.4. The van der Waals surface area contributed by atoms with Crippen LogP contribution in [0.2, 0.25) is 0 Å². The van der Waals surface area contributed by atoms with Crippen molar-refractivity contribution in [3.05, 3.63) is 253 Å². The van der Waals surface area contributed by atoms with Crippen LogP contribution in [0.5, 0.6) is 0 Å². The van der Waals surface area contributed by atoms with E-state index in [0.717, 1.165) is 72.4 Å². The molecule has 11 aromatic rings. The van der Waals surface area contributed by atoms with Crippen molar-refractivity contribution in [3.63, 3.8) is 0 Å². The van der Waals surface area contributed by atoms with Gasteiger partial charge in [-0.25, -0.2) is 16.8 Å². The number of hydrogen-bond donors (Lipinski definition) is 0. The number of ketones is 2. The zero-order valence-corrected chi connectivity index (χ0v) is 39.7. The molecule has 72 heavy (non-hydrogen) atoms. The highest BCUT2D eigenvalue weighted by Gasteiger charge is 2.36. The Hall–Kier alpha value is -8.96. The highest BCUT2D eigenvalue weighted by atomic mass is 32.2. The van der Waals surface area contributed by atoms with Gasteiger partial charge >= 0.3 is 0 Å². The lowest BCUT2D eigenvalue weighted by Gasteiger charge is -2.25. The van der Waals surface area contributed by atoms with Crippen LogP contribution in [0.25, 0.3) is 60.9 Å². The van der Waals surface area contributed by atoms with Gasteiger partial charge in [-0.1, -0.05) is 115 Å². The second-order valence-corrected chi connectivity index (χ2v) is 21.8. The summed E-state index contributed by atoms with van der Waals surface area (Å²) in [5.41, 5.74) is 10.9. The molecule has 344 valence electrons. The van der Waals surface area contributed by atoms with Crippen molar-refractivity contribution in [2.24, 2.45) is 0 Å². The molecular formula is C62H38N2O6S2. The fourth-order valence-corrected chi connectivity index (χ4v) is 13.7. The third-order valence-electron chi connectivity index (χ3n) is 13.9. The van der Waals surface area contributed by atoms with Crippen LogP contribution in [-0.2, 0) is 19.7 Å². The van der Waals surface area contributed by atoms with Gasteiger partial charge in [-0.15, -0.1) is 0 Å². The molecule has 13 rings (SSSR count). The van der Waals surface area contributed by atoms with Crippen molar-refractivity contribution in [1.29, 1.82) is 0 Å². The van der Waals surface area contributed by atoms with Crippen LogP contribution in [0.15, 0.2) is 250 Å². The number of carbonyl (C=O) groups is 2. The topological polar surface area (TPSA) is 111 Å². The van der Waals surface area contributed by atoms with Crippen LogP contribution >= 0.6 is 0 Å². The molecule has 10 aromatic carbocycles. The number of rotatable bonds is 7. The van der Waals surface area contributed by atoms with Gasteiger partial charge in [0, 0.05) is 55.8 Å². The molecular weight excluding hydrogens is 933 g/mol. The fraction of sp³-hybridized carbons (Fsp3) is 0. The summed E-state index contributed by atoms with van der Waals surface area (Å²) in [6.45, 7) is 0. The SMILES string of the molecule is O=C1c2ccccc2S(=O)(=O)c2ccc(-c3ccc4c(c3)c3ccccc3n4-c3ccc(-c4ccc5c(c4)S(=O)(=O)c4ccc(-c6ccc(N(c7ccccc7)c7ccccc7)cc6)cc4C5=O)cc3)cc21. The van der Waals surface area contributed by atoms with Crippen molar-refractivity contribution >= 4 is 70.1 Å². The zero-order chi connectivity index (χ0) is 48.9. The predicted octanol–water partition coefficient (Wildman–Crippen LogP) is 14.0. The quantitative estimate of drug-likeness (QED) is 0.156. The molecule has 0 fully saturated rings. The lowest BCUT2D eigenvalue weighted by Crippen LogP contribution is -2.20. The Balaban J connectivity index is 0.795. The number of nitrogens with zero attached hydrogens (tertiary/aromatic N) is 2. The molecule has 0 unspecified atom stereocenters. The number of carbonyl (C=O) groups excluding carboxylic acids is 2. The highest BCUT2D eigenvalue weighted by molar-refractivity contribution is 7.92. The Bertz CT molecular complexity index is 4280. The predicted molar refractivity (Wildman–Crippen MR) is 282 cm³/mol. The van der Waals surface area contributed by atoms with Crippen LogP contribution in [0.3, 0.4) is 0 Å². The molecule has 2 aliphatic rings. The summed E-state index contributed by atoms with van der Waals surface area (Å²) in [7, 11) is -7.91. The Morgan fingerprint density at radius 3 is 1.39 bits per heavy atom. The maximum atomic E-state index is 14.4. The first-order valence-corrected chi connectivity index (χ1v) is 26.3. The maximum absolute atomic E-state index is 14.4. The van der Waals surface area contributed by atoms with E-state index in [4.69, 9.17) is 0 Å². The van der Waals surface area contributed by atoms with E-state index in [0.29, 0.717) is 5.56 Å². The molecule has 0 aliphatic carbocycles. The summed E-state index contributed by atoms with van der Waals surface area (Å²) in [5, 5.41) is 1.98. The van der Waals surface area contributed by atoms with Crippen molar-refractivity contribution < 1.29 is 26.4 Å². The summed E-state index contributed by atoms with van der Waals surface area (Å²) in [6, 6.07) is 71.6. The minimum Gasteiger partial charge on any atom is -0.311 e. The van der Waals surface area contributed by atoms with Crippen molar-refractivity contribution in [3.8, 4) is 39.1 Å². The minimum absolute atomic E-state index is 0.00948. The third-order valence-corrected chi connectivity index (χ3v) is 17.6. The first-order valence-electron chi connectivity index (χ1n) is 23.3. The lowest BCUT2D eigenvalue weighted by atomic mass is 9.95. The first kappa shape index (κ1) is 43.1. The van der Waals surface area contributed by atoms with E-state index in [1.165, 1.54) is 12.1 Å². The second-order valence-electron chi connectivity index (χ2n) is 18.0. The molecule has 0 radical (unpaired) electrons. The van der Waals surface area contributed by atoms with Gasteiger partial charge in [-0.05, 0) is 149 Å². The maximum Gasteiger partial charge on any atom is 0.208 e. The number of para-hydroxylation sites is 3. The molecule has 0 spiro atoms. The number of aromatic nitrogens is 1. The molecule has 0 amide bonds. The first-order chi connectivity index (χ1) is 35.0. The Labute approximate surface area is 415 Å². The molecule has 0 N–H and O–H groups in total. The average molecular weight is 971 g/mol. The van der Waals surface area contributed by atoms with E-state index in [1.807, 2.05) is 109 Å². The molecule has 8 nitrogen and oxygen atoms in total. The van der Waals surface area contributed by atoms with Crippen molar-refractivity contribution in [2.45, 2.75) is 19.6 Å². The number of anilines is 3. The van der Waals surface area contributed by atoms with Crippen LogP contribution < -0.4 is 4.90 Å². The smallest absolute Gasteiger partial charge is 0.208 e. The Morgan fingerprint density at radius 2 is 0.736 bits per heavy atom. The molecule has 0 atom stereocenters. The normalized spacial score (nSPS) is 14.1. The largest absolute Gasteiger partial charge is 0.311 e. The summed E-state index contributed by atoms with van der Waals surface area (Å²) in [4.78, 5) is 30.0. The lowest BCUT2D eigenvalue weighted by molar-refractivity contribution is 0.102. The van der Waals surface area contributed by atoms with Crippen LogP contribution in [0.4, 0.5) is 17.1 Å². The van der Waals surface area contributed by atoms with Crippen LogP contribution in [0.1, 0.15) is 31.8 Å². The van der Waals surface area contributed by atoms with E-state index >= 15 is 0 Å².